The van der Waals surface area contributed by atoms with E-state index in [0.29, 0.717) is 10.0 Å². The summed E-state index contributed by atoms with van der Waals surface area (Å²) >= 11 is 3.12. The lowest BCUT2D eigenvalue weighted by atomic mass is 10.2. The summed E-state index contributed by atoms with van der Waals surface area (Å²) in [4.78, 5) is 0. The zero-order valence-corrected chi connectivity index (χ0v) is 7.98. The van der Waals surface area contributed by atoms with E-state index in [0.717, 1.165) is 0 Å². The third-order valence-electron chi connectivity index (χ3n) is 1.33. The number of methoxy groups -OCH3 is 1. The van der Waals surface area contributed by atoms with Crippen LogP contribution in [-0.2, 0) is 4.74 Å². The first kappa shape index (κ1) is 9.19. The van der Waals surface area contributed by atoms with Crippen LogP contribution in [0.5, 0.6) is 0 Å². The van der Waals surface area contributed by atoms with E-state index in [1.807, 2.05) is 0 Å². The predicted octanol–water partition coefficient (Wildman–Crippen LogP) is 2.56. The van der Waals surface area contributed by atoms with Crippen molar-refractivity contribution in [1.82, 2.24) is 0 Å². The van der Waals surface area contributed by atoms with Crippen molar-refractivity contribution >= 4 is 21.8 Å². The molecule has 1 N–H and O–H groups in total. The van der Waals surface area contributed by atoms with Gasteiger partial charge in [-0.1, -0.05) is 15.9 Å². The van der Waals surface area contributed by atoms with Gasteiger partial charge in [0.2, 0.25) is 5.90 Å². The van der Waals surface area contributed by atoms with Gasteiger partial charge in [-0.2, -0.15) is 0 Å². The lowest BCUT2D eigenvalue weighted by molar-refractivity contribution is 0.401. The van der Waals surface area contributed by atoms with Crippen LogP contribution in [0.1, 0.15) is 5.56 Å². The van der Waals surface area contributed by atoms with Gasteiger partial charge in [-0.05, 0) is 18.2 Å². The Morgan fingerprint density at radius 2 is 2.17 bits per heavy atom. The fourth-order valence-electron chi connectivity index (χ4n) is 0.803. The number of nitrogens with one attached hydrogen (secondary N) is 1. The van der Waals surface area contributed by atoms with Crippen LogP contribution in [-0.4, -0.2) is 13.0 Å². The molecule has 0 aliphatic heterocycles. The Morgan fingerprint density at radius 3 is 2.67 bits per heavy atom. The molecule has 0 radical (unpaired) electrons. The molecule has 2 nitrogen and oxygen atoms in total. The van der Waals surface area contributed by atoms with Crippen molar-refractivity contribution in [3.63, 3.8) is 0 Å². The molecule has 0 fully saturated rings. The second-order valence-corrected chi connectivity index (χ2v) is 3.11. The van der Waals surface area contributed by atoms with Crippen LogP contribution in [0.2, 0.25) is 0 Å². The molecule has 0 heterocycles. The number of rotatable bonds is 1. The molecule has 0 aliphatic rings. The monoisotopic (exact) mass is 231 g/mol. The van der Waals surface area contributed by atoms with Crippen LogP contribution >= 0.6 is 15.9 Å². The molecule has 0 amide bonds. The summed E-state index contributed by atoms with van der Waals surface area (Å²) in [6.07, 6.45) is 0. The van der Waals surface area contributed by atoms with E-state index in [-0.39, 0.29) is 11.7 Å². The van der Waals surface area contributed by atoms with Crippen molar-refractivity contribution in [2.75, 3.05) is 7.11 Å². The zero-order valence-electron chi connectivity index (χ0n) is 6.40. The normalized spacial score (nSPS) is 9.58. The van der Waals surface area contributed by atoms with Gasteiger partial charge >= 0.3 is 0 Å². The maximum atomic E-state index is 12.7. The van der Waals surface area contributed by atoms with Crippen LogP contribution in [0.25, 0.3) is 0 Å². The summed E-state index contributed by atoms with van der Waals surface area (Å²) in [6.45, 7) is 0. The molecule has 0 saturated heterocycles. The Hall–Kier alpha value is -0.900. The number of hydrogen-bond donors (Lipinski definition) is 1. The summed E-state index contributed by atoms with van der Waals surface area (Å²) in [5.41, 5.74) is 0.421. The Kier molecular flexibility index (Phi) is 2.81. The summed E-state index contributed by atoms with van der Waals surface area (Å²) in [6, 6.07) is 4.19. The van der Waals surface area contributed by atoms with Crippen LogP contribution in [0.4, 0.5) is 4.39 Å². The average Bonchev–Trinajstić information content (AvgIpc) is 2.01. The van der Waals surface area contributed by atoms with E-state index in [1.165, 1.54) is 19.2 Å². The molecule has 12 heavy (non-hydrogen) atoms. The largest absolute Gasteiger partial charge is 0.481 e. The van der Waals surface area contributed by atoms with E-state index < -0.39 is 0 Å². The maximum absolute atomic E-state index is 12.7. The third-order valence-corrected chi connectivity index (χ3v) is 1.79. The molecular weight excluding hydrogens is 225 g/mol. The topological polar surface area (TPSA) is 33.1 Å². The molecule has 1 rings (SSSR count). The van der Waals surface area contributed by atoms with Crippen molar-refractivity contribution in [2.45, 2.75) is 0 Å². The number of ether oxygens (including phenoxy) is 1. The SMILES string of the molecule is COC(=N)c1cc(F)cc(Br)c1. The lowest BCUT2D eigenvalue weighted by Gasteiger charge is -2.02. The van der Waals surface area contributed by atoms with Crippen molar-refractivity contribution in [3.05, 3.63) is 34.1 Å². The summed E-state index contributed by atoms with van der Waals surface area (Å²) in [7, 11) is 1.38. The van der Waals surface area contributed by atoms with Crippen LogP contribution in [0, 0.1) is 11.2 Å². The first-order valence-corrected chi connectivity index (χ1v) is 4.02. The highest BCUT2D eigenvalue weighted by Gasteiger charge is 2.03. The van der Waals surface area contributed by atoms with E-state index in [9.17, 15) is 4.39 Å². The molecule has 1 aromatic carbocycles. The highest BCUT2D eigenvalue weighted by molar-refractivity contribution is 9.10. The second-order valence-electron chi connectivity index (χ2n) is 2.19. The van der Waals surface area contributed by atoms with E-state index in [1.54, 1.807) is 6.07 Å². The molecule has 0 aromatic heterocycles. The lowest BCUT2D eigenvalue weighted by Crippen LogP contribution is -2.01. The van der Waals surface area contributed by atoms with Gasteiger partial charge in [0, 0.05) is 10.0 Å². The van der Waals surface area contributed by atoms with Gasteiger partial charge in [-0.3, -0.25) is 5.41 Å². The molecule has 1 aromatic rings. The van der Waals surface area contributed by atoms with Gasteiger partial charge in [0.1, 0.15) is 5.82 Å². The number of halogens is 2. The Labute approximate surface area is 78.0 Å². The quantitative estimate of drug-likeness (QED) is 0.585. The minimum atomic E-state index is -0.388. The molecular formula is C8H7BrFNO. The minimum absolute atomic E-state index is 0.0461. The molecule has 64 valence electrons. The molecule has 0 saturated carbocycles. The van der Waals surface area contributed by atoms with E-state index in [4.69, 9.17) is 5.41 Å². The van der Waals surface area contributed by atoms with Gasteiger partial charge < -0.3 is 4.74 Å². The maximum Gasteiger partial charge on any atom is 0.213 e. The molecule has 0 spiro atoms. The first-order valence-electron chi connectivity index (χ1n) is 3.22. The average molecular weight is 232 g/mol. The van der Waals surface area contributed by atoms with Crippen LogP contribution < -0.4 is 0 Å². The van der Waals surface area contributed by atoms with Gasteiger partial charge in [-0.25, -0.2) is 4.39 Å². The minimum Gasteiger partial charge on any atom is -0.481 e. The standard InChI is InChI=1S/C8H7BrFNO/c1-12-8(11)5-2-6(9)4-7(10)3-5/h2-4,11H,1H3. The first-order chi connectivity index (χ1) is 5.63. The molecule has 0 aliphatic carbocycles. The summed E-state index contributed by atoms with van der Waals surface area (Å²) < 4.78 is 18.0. The third kappa shape index (κ3) is 2.04. The molecule has 4 heteroatoms. The van der Waals surface area contributed by atoms with Crippen molar-refractivity contribution in [2.24, 2.45) is 0 Å². The van der Waals surface area contributed by atoms with Gasteiger partial charge in [0.05, 0.1) is 7.11 Å². The zero-order chi connectivity index (χ0) is 9.14. The smallest absolute Gasteiger partial charge is 0.213 e. The van der Waals surface area contributed by atoms with Crippen molar-refractivity contribution in [1.29, 1.82) is 5.41 Å². The van der Waals surface area contributed by atoms with Crippen molar-refractivity contribution in [3.8, 4) is 0 Å². The van der Waals surface area contributed by atoms with Crippen LogP contribution in [0.3, 0.4) is 0 Å². The van der Waals surface area contributed by atoms with Gasteiger partial charge in [0.25, 0.3) is 0 Å². The Bertz CT molecular complexity index is 294. The van der Waals surface area contributed by atoms with Crippen molar-refractivity contribution < 1.29 is 9.13 Å². The Balaban J connectivity index is 3.08. The molecule has 0 bridgehead atoms. The fourth-order valence-corrected chi connectivity index (χ4v) is 1.27. The fraction of sp³-hybridized carbons (Fsp3) is 0.125. The van der Waals surface area contributed by atoms with Crippen LogP contribution in [0.15, 0.2) is 22.7 Å². The number of hydrogen-bond acceptors (Lipinski definition) is 2. The number of benzene rings is 1. The highest BCUT2D eigenvalue weighted by Crippen LogP contribution is 2.15. The second kappa shape index (κ2) is 3.67. The predicted molar refractivity (Wildman–Crippen MR) is 47.9 cm³/mol. The van der Waals surface area contributed by atoms with E-state index in [2.05, 4.69) is 20.7 Å². The highest BCUT2D eigenvalue weighted by atomic mass is 79.9. The van der Waals surface area contributed by atoms with Gasteiger partial charge in [0.15, 0.2) is 0 Å². The van der Waals surface area contributed by atoms with E-state index >= 15 is 0 Å². The summed E-state index contributed by atoms with van der Waals surface area (Å²) in [5, 5.41) is 7.26. The van der Waals surface area contributed by atoms with Gasteiger partial charge in [-0.15, -0.1) is 0 Å². The summed E-state index contributed by atoms with van der Waals surface area (Å²) in [5.74, 6) is -0.434. The molecule has 0 atom stereocenters. The Morgan fingerprint density at radius 1 is 1.50 bits per heavy atom. The molecule has 0 unspecified atom stereocenters.